The summed E-state index contributed by atoms with van der Waals surface area (Å²) in [6, 6.07) is 7.75. The Bertz CT molecular complexity index is 548. The summed E-state index contributed by atoms with van der Waals surface area (Å²) in [5.74, 6) is -0.0428. The van der Waals surface area contributed by atoms with Gasteiger partial charge in [0.25, 0.3) is 0 Å². The molecule has 0 bridgehead atoms. The fourth-order valence-corrected chi connectivity index (χ4v) is 2.54. The highest BCUT2D eigenvalue weighted by molar-refractivity contribution is 5.85. The molecule has 6 heteroatoms. The van der Waals surface area contributed by atoms with E-state index in [0.29, 0.717) is 19.5 Å². The topological polar surface area (TPSA) is 75.4 Å². The molecule has 128 valence electrons. The van der Waals surface area contributed by atoms with Gasteiger partial charge in [-0.25, -0.2) is 0 Å². The molecule has 1 aliphatic rings. The first-order valence-corrected chi connectivity index (χ1v) is 7.87. The molecule has 5 nitrogen and oxygen atoms in total. The van der Waals surface area contributed by atoms with Crippen LogP contribution in [-0.4, -0.2) is 29.3 Å². The van der Waals surface area contributed by atoms with Gasteiger partial charge in [-0.15, -0.1) is 12.4 Å². The summed E-state index contributed by atoms with van der Waals surface area (Å²) in [5, 5.41) is 2.93. The van der Waals surface area contributed by atoms with Crippen LogP contribution in [0.1, 0.15) is 37.8 Å². The maximum atomic E-state index is 12.0. The van der Waals surface area contributed by atoms with Crippen molar-refractivity contribution >= 4 is 24.2 Å². The number of carbonyl (C=O) groups excluding carboxylic acids is 2. The Morgan fingerprint density at radius 1 is 1.30 bits per heavy atom. The first-order chi connectivity index (χ1) is 10.5. The van der Waals surface area contributed by atoms with Crippen molar-refractivity contribution in [1.82, 2.24) is 10.2 Å². The third-order valence-corrected chi connectivity index (χ3v) is 4.31. The van der Waals surface area contributed by atoms with E-state index in [4.69, 9.17) is 5.73 Å². The van der Waals surface area contributed by atoms with E-state index in [2.05, 4.69) is 5.32 Å². The van der Waals surface area contributed by atoms with Crippen LogP contribution in [0.2, 0.25) is 0 Å². The van der Waals surface area contributed by atoms with Crippen LogP contribution in [0.15, 0.2) is 24.3 Å². The zero-order chi connectivity index (χ0) is 16.1. The molecule has 1 fully saturated rings. The average molecular weight is 340 g/mol. The Labute approximate surface area is 144 Å². The summed E-state index contributed by atoms with van der Waals surface area (Å²) in [5.41, 5.74) is 7.89. The van der Waals surface area contributed by atoms with E-state index in [1.54, 1.807) is 0 Å². The number of halogens is 1. The lowest BCUT2D eigenvalue weighted by molar-refractivity contribution is -0.128. The lowest BCUT2D eigenvalue weighted by Gasteiger charge is -2.19. The molecule has 0 aromatic heterocycles. The van der Waals surface area contributed by atoms with Crippen molar-refractivity contribution in [2.75, 3.05) is 6.54 Å². The average Bonchev–Trinajstić information content (AvgIpc) is 2.90. The molecule has 1 saturated heterocycles. The molecule has 2 unspecified atom stereocenters. The highest BCUT2D eigenvalue weighted by atomic mass is 35.5. The molecule has 1 aromatic rings. The van der Waals surface area contributed by atoms with E-state index in [0.717, 1.165) is 24.1 Å². The number of nitrogens with two attached hydrogens (primary N) is 1. The second kappa shape index (κ2) is 8.89. The molecular formula is C17H26ClN3O2. The standard InChI is InChI=1S/C17H25N3O2.ClH/c1-12(13(2)18)17(22)19-10-14-6-3-4-7-15(14)11-20-9-5-8-16(20)21;/h3-4,6-7,12-13H,5,8-11,18H2,1-2H3,(H,19,22);1H. The van der Waals surface area contributed by atoms with Crippen molar-refractivity contribution < 1.29 is 9.59 Å². The van der Waals surface area contributed by atoms with Crippen LogP contribution < -0.4 is 11.1 Å². The Morgan fingerprint density at radius 2 is 1.96 bits per heavy atom. The summed E-state index contributed by atoms with van der Waals surface area (Å²) in [4.78, 5) is 25.7. The van der Waals surface area contributed by atoms with E-state index in [1.807, 2.05) is 43.0 Å². The number of likely N-dealkylation sites (tertiary alicyclic amines) is 1. The third-order valence-electron chi connectivity index (χ3n) is 4.31. The summed E-state index contributed by atoms with van der Waals surface area (Å²) >= 11 is 0. The van der Waals surface area contributed by atoms with Gasteiger partial charge >= 0.3 is 0 Å². The Kier molecular flexibility index (Phi) is 7.52. The Balaban J connectivity index is 0.00000264. The van der Waals surface area contributed by atoms with Gasteiger partial charge in [0.15, 0.2) is 0 Å². The van der Waals surface area contributed by atoms with Gasteiger partial charge in [-0.3, -0.25) is 9.59 Å². The predicted molar refractivity (Wildman–Crippen MR) is 93.0 cm³/mol. The van der Waals surface area contributed by atoms with E-state index >= 15 is 0 Å². The fraction of sp³-hybridized carbons (Fsp3) is 0.529. The van der Waals surface area contributed by atoms with E-state index in [1.165, 1.54) is 0 Å². The van der Waals surface area contributed by atoms with Gasteiger partial charge in [-0.1, -0.05) is 31.2 Å². The zero-order valence-corrected chi connectivity index (χ0v) is 14.6. The molecule has 3 N–H and O–H groups in total. The summed E-state index contributed by atoms with van der Waals surface area (Å²) in [7, 11) is 0. The molecule has 0 saturated carbocycles. The van der Waals surface area contributed by atoms with Crippen LogP contribution in [-0.2, 0) is 22.7 Å². The van der Waals surface area contributed by atoms with Crippen molar-refractivity contribution in [3.63, 3.8) is 0 Å². The highest BCUT2D eigenvalue weighted by Gasteiger charge is 2.21. The first-order valence-electron chi connectivity index (χ1n) is 7.87. The molecule has 0 aliphatic carbocycles. The van der Waals surface area contributed by atoms with Crippen LogP contribution in [0.3, 0.4) is 0 Å². The van der Waals surface area contributed by atoms with Crippen LogP contribution in [0.25, 0.3) is 0 Å². The lowest BCUT2D eigenvalue weighted by Crippen LogP contribution is -2.38. The van der Waals surface area contributed by atoms with Crippen LogP contribution in [0.4, 0.5) is 0 Å². The monoisotopic (exact) mass is 339 g/mol. The largest absolute Gasteiger partial charge is 0.352 e. The number of hydrogen-bond donors (Lipinski definition) is 2. The number of amides is 2. The summed E-state index contributed by atoms with van der Waals surface area (Å²) < 4.78 is 0. The van der Waals surface area contributed by atoms with Gasteiger partial charge in [0.2, 0.25) is 11.8 Å². The summed E-state index contributed by atoms with van der Waals surface area (Å²) in [6.07, 6.45) is 1.58. The van der Waals surface area contributed by atoms with Gasteiger partial charge < -0.3 is 16.0 Å². The van der Waals surface area contributed by atoms with Crippen molar-refractivity contribution in [1.29, 1.82) is 0 Å². The Morgan fingerprint density at radius 3 is 2.52 bits per heavy atom. The quantitative estimate of drug-likeness (QED) is 0.830. The van der Waals surface area contributed by atoms with Crippen molar-refractivity contribution in [2.45, 2.75) is 45.8 Å². The zero-order valence-electron chi connectivity index (χ0n) is 13.7. The van der Waals surface area contributed by atoms with Gasteiger partial charge in [0, 0.05) is 38.0 Å². The number of rotatable bonds is 6. The maximum absolute atomic E-state index is 12.0. The van der Waals surface area contributed by atoms with E-state index in [9.17, 15) is 9.59 Å². The van der Waals surface area contributed by atoms with Gasteiger partial charge in [0.1, 0.15) is 0 Å². The smallest absolute Gasteiger partial charge is 0.224 e. The normalized spacial score (nSPS) is 16.7. The minimum Gasteiger partial charge on any atom is -0.352 e. The highest BCUT2D eigenvalue weighted by Crippen LogP contribution is 2.17. The summed E-state index contributed by atoms with van der Waals surface area (Å²) in [6.45, 7) is 5.56. The molecule has 0 spiro atoms. The van der Waals surface area contributed by atoms with Crippen molar-refractivity contribution in [3.8, 4) is 0 Å². The predicted octanol–water partition coefficient (Wildman–Crippen LogP) is 1.83. The van der Waals surface area contributed by atoms with Crippen LogP contribution >= 0.6 is 12.4 Å². The van der Waals surface area contributed by atoms with Gasteiger partial charge in [-0.2, -0.15) is 0 Å². The number of nitrogens with one attached hydrogen (secondary N) is 1. The molecule has 1 aromatic carbocycles. The number of benzene rings is 1. The second-order valence-electron chi connectivity index (χ2n) is 6.05. The molecule has 2 atom stereocenters. The molecule has 1 heterocycles. The fourth-order valence-electron chi connectivity index (χ4n) is 2.54. The lowest BCUT2D eigenvalue weighted by atomic mass is 10.0. The molecule has 0 radical (unpaired) electrons. The van der Waals surface area contributed by atoms with Gasteiger partial charge in [-0.05, 0) is 24.5 Å². The maximum Gasteiger partial charge on any atom is 0.224 e. The Hall–Kier alpha value is -1.59. The van der Waals surface area contributed by atoms with E-state index in [-0.39, 0.29) is 36.2 Å². The van der Waals surface area contributed by atoms with Crippen molar-refractivity contribution in [2.24, 2.45) is 11.7 Å². The third kappa shape index (κ3) is 5.22. The molecule has 23 heavy (non-hydrogen) atoms. The first kappa shape index (κ1) is 19.5. The van der Waals surface area contributed by atoms with Gasteiger partial charge in [0.05, 0.1) is 0 Å². The van der Waals surface area contributed by atoms with Crippen LogP contribution in [0.5, 0.6) is 0 Å². The molecule has 1 aliphatic heterocycles. The number of nitrogens with zero attached hydrogens (tertiary/aromatic N) is 1. The van der Waals surface area contributed by atoms with Crippen LogP contribution in [0, 0.1) is 5.92 Å². The number of hydrogen-bond acceptors (Lipinski definition) is 3. The molecule has 2 rings (SSSR count). The molecular weight excluding hydrogens is 314 g/mol. The van der Waals surface area contributed by atoms with Crippen molar-refractivity contribution in [3.05, 3.63) is 35.4 Å². The van der Waals surface area contributed by atoms with E-state index < -0.39 is 0 Å². The minimum absolute atomic E-state index is 0. The second-order valence-corrected chi connectivity index (χ2v) is 6.05. The minimum atomic E-state index is -0.215. The molecule has 2 amide bonds. The number of carbonyl (C=O) groups is 2. The SMILES string of the molecule is CC(N)C(C)C(=O)NCc1ccccc1CN1CCCC1=O.Cl.